The molecule has 0 unspecified atom stereocenters. The Morgan fingerprint density at radius 1 is 1.04 bits per heavy atom. The Labute approximate surface area is 138 Å². The number of aromatic nitrogens is 1. The molecule has 4 rings (SSSR count). The summed E-state index contributed by atoms with van der Waals surface area (Å²) in [5.74, 6) is 0.111. The first-order chi connectivity index (χ1) is 10.8. The molecule has 23 heavy (non-hydrogen) atoms. The monoisotopic (exact) mass is 387 g/mol. The first-order valence-corrected chi connectivity index (χ1v) is 8.12. The van der Waals surface area contributed by atoms with Crippen LogP contribution in [0.15, 0.2) is 22.7 Å². The van der Waals surface area contributed by atoms with Crippen molar-refractivity contribution in [2.75, 3.05) is 0 Å². The van der Waals surface area contributed by atoms with E-state index in [0.717, 1.165) is 29.9 Å². The van der Waals surface area contributed by atoms with Crippen LogP contribution < -0.4 is 0 Å². The Bertz CT molecular complexity index is 779. The number of alkyl halides is 3. The molecule has 7 heteroatoms. The van der Waals surface area contributed by atoms with Crippen molar-refractivity contribution in [3.8, 4) is 17.4 Å². The summed E-state index contributed by atoms with van der Waals surface area (Å²) >= 11 is 2.90. The molecule has 3 nitrogen and oxygen atoms in total. The normalized spacial score (nSPS) is 22.6. The van der Waals surface area contributed by atoms with Crippen molar-refractivity contribution in [1.82, 2.24) is 4.57 Å². The van der Waals surface area contributed by atoms with Crippen LogP contribution in [0.25, 0.3) is 5.69 Å². The van der Waals surface area contributed by atoms with Crippen LogP contribution in [-0.2, 0) is 6.18 Å². The van der Waals surface area contributed by atoms with Gasteiger partial charge in [-0.05, 0) is 49.3 Å². The minimum absolute atomic E-state index is 0.0764. The summed E-state index contributed by atoms with van der Waals surface area (Å²) in [5, 5.41) is 21.0. The minimum atomic E-state index is -4.52. The van der Waals surface area contributed by atoms with Gasteiger partial charge in [0, 0.05) is 15.6 Å². The van der Waals surface area contributed by atoms with E-state index in [4.69, 9.17) is 0 Å². The minimum Gasteiger partial charge on any atom is -0.494 e. The van der Waals surface area contributed by atoms with Crippen LogP contribution in [-0.4, -0.2) is 14.8 Å². The summed E-state index contributed by atoms with van der Waals surface area (Å²) in [7, 11) is 0. The van der Waals surface area contributed by atoms with Crippen molar-refractivity contribution in [3.05, 3.63) is 39.4 Å². The zero-order chi connectivity index (χ0) is 16.5. The maximum atomic E-state index is 13.1. The van der Waals surface area contributed by atoms with Gasteiger partial charge in [-0.3, -0.25) is 4.57 Å². The molecule has 2 aliphatic rings. The van der Waals surface area contributed by atoms with E-state index in [0.29, 0.717) is 11.1 Å². The average molecular weight is 388 g/mol. The number of halogens is 4. The second kappa shape index (κ2) is 4.69. The number of hydrogen-bond acceptors (Lipinski definition) is 2. The third-order valence-electron chi connectivity index (χ3n) is 4.96. The molecule has 1 fully saturated rings. The first-order valence-electron chi connectivity index (χ1n) is 7.32. The Kier molecular flexibility index (Phi) is 3.04. The van der Waals surface area contributed by atoms with Gasteiger partial charge in [0.05, 0.1) is 11.3 Å². The quantitative estimate of drug-likeness (QED) is 0.720. The van der Waals surface area contributed by atoms with Crippen molar-refractivity contribution in [2.45, 2.75) is 37.3 Å². The SMILES string of the molecule is Oc1c2c(c(O)n1-c1ccc(Br)c(C(F)(F)F)c1)[C@H]1CC[C@@H]2C1. The summed E-state index contributed by atoms with van der Waals surface area (Å²) in [5.41, 5.74) is 0.667. The van der Waals surface area contributed by atoms with Gasteiger partial charge in [-0.1, -0.05) is 15.9 Å². The third-order valence-corrected chi connectivity index (χ3v) is 5.65. The summed E-state index contributed by atoms with van der Waals surface area (Å²) in [6.07, 6.45) is -1.72. The van der Waals surface area contributed by atoms with Crippen molar-refractivity contribution in [3.63, 3.8) is 0 Å². The van der Waals surface area contributed by atoms with E-state index in [9.17, 15) is 23.4 Å². The Morgan fingerprint density at radius 3 is 2.13 bits per heavy atom. The highest BCUT2D eigenvalue weighted by Gasteiger charge is 2.44. The number of nitrogens with zero attached hydrogens (tertiary/aromatic N) is 1. The van der Waals surface area contributed by atoms with E-state index in [-0.39, 0.29) is 33.8 Å². The fraction of sp³-hybridized carbons (Fsp3) is 0.375. The van der Waals surface area contributed by atoms with E-state index >= 15 is 0 Å². The lowest BCUT2D eigenvalue weighted by atomic mass is 9.95. The lowest BCUT2D eigenvalue weighted by Crippen LogP contribution is -2.07. The molecule has 0 aliphatic heterocycles. The van der Waals surface area contributed by atoms with Crippen LogP contribution in [0.3, 0.4) is 0 Å². The summed E-state index contributed by atoms with van der Waals surface area (Å²) in [6, 6.07) is 3.65. The molecule has 1 aromatic carbocycles. The van der Waals surface area contributed by atoms with Gasteiger partial charge in [-0.2, -0.15) is 13.2 Å². The van der Waals surface area contributed by atoms with Gasteiger partial charge >= 0.3 is 6.18 Å². The fourth-order valence-corrected chi connectivity index (χ4v) is 4.48. The van der Waals surface area contributed by atoms with Crippen LogP contribution in [0.1, 0.15) is 47.8 Å². The largest absolute Gasteiger partial charge is 0.494 e. The van der Waals surface area contributed by atoms with Crippen LogP contribution in [0, 0.1) is 0 Å². The molecule has 0 saturated heterocycles. The Hall–Kier alpha value is -1.63. The van der Waals surface area contributed by atoms with E-state index in [2.05, 4.69) is 15.9 Å². The van der Waals surface area contributed by atoms with E-state index in [1.807, 2.05) is 0 Å². The van der Waals surface area contributed by atoms with Gasteiger partial charge in [0.1, 0.15) is 0 Å². The second-order valence-electron chi connectivity index (χ2n) is 6.18. The zero-order valence-corrected chi connectivity index (χ0v) is 13.4. The van der Waals surface area contributed by atoms with Gasteiger partial charge in [-0.15, -0.1) is 0 Å². The van der Waals surface area contributed by atoms with E-state index in [1.165, 1.54) is 12.1 Å². The van der Waals surface area contributed by atoms with Crippen molar-refractivity contribution in [2.24, 2.45) is 0 Å². The molecular weight excluding hydrogens is 375 g/mol. The molecule has 1 saturated carbocycles. The highest BCUT2D eigenvalue weighted by molar-refractivity contribution is 9.10. The predicted molar refractivity (Wildman–Crippen MR) is 81.1 cm³/mol. The van der Waals surface area contributed by atoms with Crippen LogP contribution >= 0.6 is 15.9 Å². The standard InChI is InChI=1S/C16H13BrF3NO2/c17-11-4-3-9(6-10(11)16(18,19)20)21-14(22)12-7-1-2-8(5-7)13(12)15(21)23/h3-4,6-8,22-23H,1-2,5H2/t7-,8+. The van der Waals surface area contributed by atoms with Gasteiger partial charge in [0.25, 0.3) is 0 Å². The molecule has 1 heterocycles. The maximum absolute atomic E-state index is 13.1. The smallest absolute Gasteiger partial charge is 0.417 e. The molecule has 2 aliphatic carbocycles. The molecule has 1 aromatic heterocycles. The average Bonchev–Trinajstić information content (AvgIpc) is 3.13. The number of rotatable bonds is 1. The summed E-state index contributed by atoms with van der Waals surface area (Å²) < 4.78 is 40.3. The molecule has 2 aromatic rings. The van der Waals surface area contributed by atoms with E-state index < -0.39 is 11.7 Å². The molecule has 0 amide bonds. The topological polar surface area (TPSA) is 45.4 Å². The van der Waals surface area contributed by atoms with Crippen LogP contribution in [0.2, 0.25) is 0 Å². The molecule has 0 spiro atoms. The molecule has 0 radical (unpaired) electrons. The first kappa shape index (κ1) is 14.9. The molecule has 122 valence electrons. The van der Waals surface area contributed by atoms with Gasteiger partial charge in [-0.25, -0.2) is 0 Å². The van der Waals surface area contributed by atoms with Gasteiger partial charge < -0.3 is 10.2 Å². The fourth-order valence-electron chi connectivity index (χ4n) is 4.01. The Morgan fingerprint density at radius 2 is 1.61 bits per heavy atom. The van der Waals surface area contributed by atoms with Gasteiger partial charge in [0.15, 0.2) is 0 Å². The maximum Gasteiger partial charge on any atom is 0.417 e. The van der Waals surface area contributed by atoms with Gasteiger partial charge in [0.2, 0.25) is 11.8 Å². The second-order valence-corrected chi connectivity index (χ2v) is 7.03. The predicted octanol–water partition coefficient (Wildman–Crippen LogP) is 5.03. The number of aromatic hydroxyl groups is 2. The molecule has 2 bridgehead atoms. The summed E-state index contributed by atoms with van der Waals surface area (Å²) in [6.45, 7) is 0. The zero-order valence-electron chi connectivity index (χ0n) is 11.9. The number of fused-ring (bicyclic) bond motifs is 5. The Balaban J connectivity index is 1.91. The molecule has 2 N–H and O–H groups in total. The van der Waals surface area contributed by atoms with Crippen molar-refractivity contribution in [1.29, 1.82) is 0 Å². The number of hydrogen-bond donors (Lipinski definition) is 2. The lowest BCUT2D eigenvalue weighted by Gasteiger charge is -2.14. The summed E-state index contributed by atoms with van der Waals surface area (Å²) in [4.78, 5) is 0. The van der Waals surface area contributed by atoms with Crippen molar-refractivity contribution >= 4 is 15.9 Å². The molecule has 2 atom stereocenters. The van der Waals surface area contributed by atoms with E-state index in [1.54, 1.807) is 0 Å². The van der Waals surface area contributed by atoms with Crippen molar-refractivity contribution < 1.29 is 23.4 Å². The lowest BCUT2D eigenvalue weighted by molar-refractivity contribution is -0.138. The highest BCUT2D eigenvalue weighted by Crippen LogP contribution is 2.60. The highest BCUT2D eigenvalue weighted by atomic mass is 79.9. The number of benzene rings is 1. The molecular formula is C16H13BrF3NO2. The van der Waals surface area contributed by atoms with Crippen LogP contribution in [0.5, 0.6) is 11.8 Å². The van der Waals surface area contributed by atoms with Crippen LogP contribution in [0.4, 0.5) is 13.2 Å². The third kappa shape index (κ3) is 2.02.